The minimum Gasteiger partial charge on any atom is -0.390 e. The van der Waals surface area contributed by atoms with Crippen LogP contribution in [0.5, 0.6) is 0 Å². The quantitative estimate of drug-likeness (QED) is 0.318. The van der Waals surface area contributed by atoms with Crippen LogP contribution in [-0.4, -0.2) is 33.1 Å². The lowest BCUT2D eigenvalue weighted by atomic mass is 10.0. The zero-order valence-electron chi connectivity index (χ0n) is 18.2. The second-order valence-electron chi connectivity index (χ2n) is 8.29. The number of hydrogen-bond donors (Lipinski definition) is 3. The Labute approximate surface area is 207 Å². The van der Waals surface area contributed by atoms with E-state index in [0.717, 1.165) is 27.8 Å². The predicted molar refractivity (Wildman–Crippen MR) is 131 cm³/mol. The summed E-state index contributed by atoms with van der Waals surface area (Å²) in [7, 11) is 0. The van der Waals surface area contributed by atoms with E-state index >= 15 is 0 Å². The Balaban J connectivity index is 1.60. The zero-order chi connectivity index (χ0) is 24.2. The van der Waals surface area contributed by atoms with Crippen molar-refractivity contribution in [2.45, 2.75) is 38.0 Å². The third-order valence-corrected chi connectivity index (χ3v) is 6.61. The van der Waals surface area contributed by atoms with Crippen LogP contribution in [0.4, 0.5) is 0 Å². The number of nitrogens with one attached hydrogen (secondary N) is 1. The highest BCUT2D eigenvalue weighted by Crippen LogP contribution is 2.38. The molecule has 0 spiro atoms. The van der Waals surface area contributed by atoms with Gasteiger partial charge in [0.05, 0.1) is 12.1 Å². The Hall–Kier alpha value is -2.90. The van der Waals surface area contributed by atoms with E-state index in [1.807, 2.05) is 54.6 Å². The number of aliphatic hydroxyl groups excluding tert-OH is 1. The van der Waals surface area contributed by atoms with Crippen LogP contribution in [-0.2, 0) is 22.6 Å². The number of rotatable bonds is 7. The van der Waals surface area contributed by atoms with Crippen LogP contribution in [0.3, 0.4) is 0 Å². The average molecular weight is 499 g/mol. The molecule has 0 fully saturated rings. The van der Waals surface area contributed by atoms with Crippen molar-refractivity contribution in [3.63, 3.8) is 0 Å². The fourth-order valence-electron chi connectivity index (χ4n) is 4.40. The van der Waals surface area contributed by atoms with E-state index in [2.05, 4.69) is 0 Å². The topological polar surface area (TPSA) is 89.9 Å². The molecule has 176 valence electrons. The Morgan fingerprint density at radius 2 is 1.74 bits per heavy atom. The largest absolute Gasteiger partial charge is 0.390 e. The molecule has 3 aromatic carbocycles. The molecular formula is C26H24Cl2N2O4. The third kappa shape index (κ3) is 5.26. The number of aliphatic hydroxyl groups is 1. The van der Waals surface area contributed by atoms with Gasteiger partial charge < -0.3 is 10.0 Å². The standard InChI is InChI=1S/C26H24Cl2N2O4/c27-19-9-10-20(22(28)14-19)17-7-5-16(6-8-17)15-30(25(33)12-11-24(32)29-34)26-21-4-2-1-3-18(21)13-23(26)31/h1-10,14,23,26,31,34H,11-13,15H2,(H,29,32)/t23-,26+/m1/s1. The van der Waals surface area contributed by atoms with E-state index in [9.17, 15) is 14.7 Å². The molecule has 2 atom stereocenters. The van der Waals surface area contributed by atoms with Gasteiger partial charge in [0.15, 0.2) is 0 Å². The molecule has 0 aromatic heterocycles. The molecule has 0 radical (unpaired) electrons. The van der Waals surface area contributed by atoms with Crippen molar-refractivity contribution in [3.05, 3.63) is 93.5 Å². The van der Waals surface area contributed by atoms with Crippen LogP contribution in [0.15, 0.2) is 66.7 Å². The van der Waals surface area contributed by atoms with Gasteiger partial charge in [0.25, 0.3) is 0 Å². The molecule has 0 saturated carbocycles. The normalized spacial score (nSPS) is 16.7. The van der Waals surface area contributed by atoms with Crippen LogP contribution in [0.25, 0.3) is 11.1 Å². The van der Waals surface area contributed by atoms with Gasteiger partial charge >= 0.3 is 0 Å². The van der Waals surface area contributed by atoms with Gasteiger partial charge in [-0.3, -0.25) is 14.8 Å². The van der Waals surface area contributed by atoms with Gasteiger partial charge in [-0.2, -0.15) is 0 Å². The van der Waals surface area contributed by atoms with Crippen molar-refractivity contribution < 1.29 is 19.9 Å². The maximum absolute atomic E-state index is 13.2. The smallest absolute Gasteiger partial charge is 0.243 e. The molecule has 34 heavy (non-hydrogen) atoms. The summed E-state index contributed by atoms with van der Waals surface area (Å²) in [6.45, 7) is 0.254. The fourth-order valence-corrected chi connectivity index (χ4v) is 4.92. The van der Waals surface area contributed by atoms with Crippen LogP contribution >= 0.6 is 23.2 Å². The van der Waals surface area contributed by atoms with Gasteiger partial charge in [-0.25, -0.2) is 5.48 Å². The molecule has 1 aliphatic carbocycles. The van der Waals surface area contributed by atoms with Crippen LogP contribution in [0, 0.1) is 0 Å². The average Bonchev–Trinajstić information content (AvgIpc) is 3.16. The number of fused-ring (bicyclic) bond motifs is 1. The van der Waals surface area contributed by atoms with Gasteiger partial charge in [-0.05, 0) is 34.4 Å². The predicted octanol–water partition coefficient (Wildman–Crippen LogP) is 4.93. The number of carbonyl (C=O) groups excluding carboxylic acids is 2. The minimum atomic E-state index is -0.750. The molecule has 6 nitrogen and oxygen atoms in total. The molecule has 1 aliphatic rings. The molecule has 8 heteroatoms. The lowest BCUT2D eigenvalue weighted by Gasteiger charge is -2.32. The number of halogens is 2. The molecule has 2 amide bonds. The lowest BCUT2D eigenvalue weighted by molar-refractivity contribution is -0.140. The SMILES string of the molecule is O=C(CCC(=O)N(Cc1ccc(-c2ccc(Cl)cc2Cl)cc1)[C@H]1c2ccccc2C[C@H]1O)NO. The number of carbonyl (C=O) groups is 2. The van der Waals surface area contributed by atoms with Crippen molar-refractivity contribution >= 4 is 35.0 Å². The van der Waals surface area contributed by atoms with E-state index in [4.69, 9.17) is 28.4 Å². The zero-order valence-corrected chi connectivity index (χ0v) is 19.8. The Morgan fingerprint density at radius 1 is 1.00 bits per heavy atom. The van der Waals surface area contributed by atoms with Gasteiger partial charge in [-0.1, -0.05) is 77.8 Å². The van der Waals surface area contributed by atoms with E-state index < -0.39 is 18.1 Å². The Morgan fingerprint density at radius 3 is 2.44 bits per heavy atom. The summed E-state index contributed by atoms with van der Waals surface area (Å²) in [4.78, 5) is 26.3. The fraction of sp³-hybridized carbons (Fsp3) is 0.231. The minimum absolute atomic E-state index is 0.0871. The van der Waals surface area contributed by atoms with Gasteiger partial charge in [0, 0.05) is 41.4 Å². The Bertz CT molecular complexity index is 1200. The number of benzene rings is 3. The maximum atomic E-state index is 13.2. The monoisotopic (exact) mass is 498 g/mol. The second kappa shape index (κ2) is 10.6. The van der Waals surface area contributed by atoms with Crippen molar-refractivity contribution in [2.75, 3.05) is 0 Å². The van der Waals surface area contributed by atoms with Gasteiger partial charge in [-0.15, -0.1) is 0 Å². The van der Waals surface area contributed by atoms with E-state index in [-0.39, 0.29) is 25.3 Å². The molecule has 0 saturated heterocycles. The molecule has 0 bridgehead atoms. The van der Waals surface area contributed by atoms with Gasteiger partial charge in [0.2, 0.25) is 11.8 Å². The summed E-state index contributed by atoms with van der Waals surface area (Å²) in [6.07, 6.45) is -0.531. The molecule has 0 aliphatic heterocycles. The van der Waals surface area contributed by atoms with Crippen LogP contribution in [0.1, 0.15) is 35.6 Å². The van der Waals surface area contributed by atoms with E-state index in [1.54, 1.807) is 22.5 Å². The maximum Gasteiger partial charge on any atom is 0.243 e. The molecule has 4 rings (SSSR count). The Kier molecular flexibility index (Phi) is 7.54. The van der Waals surface area contributed by atoms with Gasteiger partial charge in [0.1, 0.15) is 0 Å². The molecule has 3 N–H and O–H groups in total. The molecule has 0 heterocycles. The van der Waals surface area contributed by atoms with Crippen molar-refractivity contribution in [2.24, 2.45) is 0 Å². The number of hydroxylamine groups is 1. The summed E-state index contributed by atoms with van der Waals surface area (Å²) in [6, 6.07) is 20.1. The summed E-state index contributed by atoms with van der Waals surface area (Å²) in [5.74, 6) is -0.918. The first kappa shape index (κ1) is 24.2. The highest BCUT2D eigenvalue weighted by Gasteiger charge is 2.37. The summed E-state index contributed by atoms with van der Waals surface area (Å²) < 4.78 is 0. The van der Waals surface area contributed by atoms with E-state index in [1.165, 1.54) is 0 Å². The third-order valence-electron chi connectivity index (χ3n) is 6.06. The van der Waals surface area contributed by atoms with Crippen LogP contribution in [0.2, 0.25) is 10.0 Å². The first-order valence-electron chi connectivity index (χ1n) is 10.9. The molecular weight excluding hydrogens is 475 g/mol. The number of nitrogens with zero attached hydrogens (tertiary/aromatic N) is 1. The number of amides is 2. The number of hydrogen-bond acceptors (Lipinski definition) is 4. The van der Waals surface area contributed by atoms with Crippen molar-refractivity contribution in [3.8, 4) is 11.1 Å². The first-order chi connectivity index (χ1) is 16.4. The van der Waals surface area contributed by atoms with Crippen molar-refractivity contribution in [1.29, 1.82) is 0 Å². The second-order valence-corrected chi connectivity index (χ2v) is 9.14. The first-order valence-corrected chi connectivity index (χ1v) is 11.7. The highest BCUT2D eigenvalue weighted by atomic mass is 35.5. The summed E-state index contributed by atoms with van der Waals surface area (Å²) in [5.41, 5.74) is 6.08. The van der Waals surface area contributed by atoms with E-state index in [0.29, 0.717) is 16.5 Å². The summed E-state index contributed by atoms with van der Waals surface area (Å²) >= 11 is 12.3. The molecule has 0 unspecified atom stereocenters. The lowest BCUT2D eigenvalue weighted by Crippen LogP contribution is -2.39. The van der Waals surface area contributed by atoms with Crippen LogP contribution < -0.4 is 5.48 Å². The highest BCUT2D eigenvalue weighted by molar-refractivity contribution is 6.36. The molecule has 3 aromatic rings. The van der Waals surface area contributed by atoms with Crippen molar-refractivity contribution in [1.82, 2.24) is 10.4 Å². The summed E-state index contributed by atoms with van der Waals surface area (Å²) in [5, 5.41) is 20.7.